The minimum absolute atomic E-state index is 0.248. The molecule has 3 rings (SSSR count). The number of nitrogens with zero attached hydrogens (tertiary/aromatic N) is 3. The molecule has 3 aromatic heterocycles. The van der Waals surface area contributed by atoms with Crippen LogP contribution in [-0.2, 0) is 10.5 Å². The number of carbonyl (C=O) groups excluding carboxylic acids is 1. The molecule has 0 amide bonds. The van der Waals surface area contributed by atoms with Crippen LogP contribution >= 0.6 is 34.4 Å². The Morgan fingerprint density at radius 3 is 3.00 bits per heavy atom. The molecule has 3 heterocycles. The summed E-state index contributed by atoms with van der Waals surface area (Å²) in [5, 5.41) is 8.11. The normalized spacial score (nSPS) is 11.0. The summed E-state index contributed by atoms with van der Waals surface area (Å²) in [4.78, 5) is 32.1. The molecule has 0 atom stereocenters. The Morgan fingerprint density at radius 1 is 1.50 bits per heavy atom. The van der Waals surface area contributed by atoms with Crippen molar-refractivity contribution in [1.29, 1.82) is 0 Å². The number of aromatic amines is 1. The lowest BCUT2D eigenvalue weighted by atomic mass is 10.2. The van der Waals surface area contributed by atoms with Gasteiger partial charge < -0.3 is 9.72 Å². The molecule has 10 heteroatoms. The third-order valence-electron chi connectivity index (χ3n) is 2.89. The smallest absolute Gasteiger partial charge is 0.348 e. The first-order chi connectivity index (χ1) is 10.6. The number of aromatic nitrogens is 4. The highest BCUT2D eigenvalue weighted by molar-refractivity contribution is 8.00. The van der Waals surface area contributed by atoms with Crippen LogP contribution in [-0.4, -0.2) is 33.2 Å². The number of methoxy groups -OCH3 is 1. The van der Waals surface area contributed by atoms with Crippen LogP contribution in [0.25, 0.3) is 10.2 Å². The minimum Gasteiger partial charge on any atom is -0.465 e. The zero-order valence-electron chi connectivity index (χ0n) is 11.6. The average molecular weight is 354 g/mol. The Labute approximate surface area is 136 Å². The SMILES string of the molecule is COC(=O)c1sc2nc(CSc3nncs3)[nH]c(=O)c2c1C. The van der Waals surface area contributed by atoms with Gasteiger partial charge in [0.05, 0.1) is 18.2 Å². The van der Waals surface area contributed by atoms with E-state index >= 15 is 0 Å². The number of carbonyl (C=O) groups is 1. The first-order valence-corrected chi connectivity index (χ1v) is 8.78. The molecule has 114 valence electrons. The summed E-state index contributed by atoms with van der Waals surface area (Å²) in [6.45, 7) is 1.72. The highest BCUT2D eigenvalue weighted by atomic mass is 32.2. The first-order valence-electron chi connectivity index (χ1n) is 6.09. The number of hydrogen-bond donors (Lipinski definition) is 1. The highest BCUT2D eigenvalue weighted by Crippen LogP contribution is 2.28. The molecule has 0 radical (unpaired) electrons. The zero-order chi connectivity index (χ0) is 15.7. The summed E-state index contributed by atoms with van der Waals surface area (Å²) in [6, 6.07) is 0. The van der Waals surface area contributed by atoms with Crippen molar-refractivity contribution in [2.75, 3.05) is 7.11 Å². The fraction of sp³-hybridized carbons (Fsp3) is 0.250. The second-order valence-electron chi connectivity index (χ2n) is 4.23. The number of aryl methyl sites for hydroxylation is 1. The van der Waals surface area contributed by atoms with E-state index in [0.717, 1.165) is 4.34 Å². The number of ether oxygens (including phenoxy) is 1. The Kier molecular flexibility index (Phi) is 4.23. The molecular formula is C12H10N4O3S3. The summed E-state index contributed by atoms with van der Waals surface area (Å²) in [5.41, 5.74) is 2.00. The molecule has 3 aromatic rings. The van der Waals surface area contributed by atoms with Gasteiger partial charge in [0, 0.05) is 0 Å². The van der Waals surface area contributed by atoms with E-state index in [1.165, 1.54) is 41.5 Å². The van der Waals surface area contributed by atoms with Gasteiger partial charge in [-0.15, -0.1) is 21.5 Å². The number of thioether (sulfide) groups is 1. The number of thiophene rings is 1. The summed E-state index contributed by atoms with van der Waals surface area (Å²) in [5.74, 6) is 0.560. The number of H-pyrrole nitrogens is 1. The maximum Gasteiger partial charge on any atom is 0.348 e. The monoisotopic (exact) mass is 354 g/mol. The van der Waals surface area contributed by atoms with Crippen molar-refractivity contribution in [1.82, 2.24) is 20.2 Å². The van der Waals surface area contributed by atoms with Gasteiger partial charge >= 0.3 is 5.97 Å². The molecule has 22 heavy (non-hydrogen) atoms. The van der Waals surface area contributed by atoms with Crippen molar-refractivity contribution >= 4 is 50.6 Å². The van der Waals surface area contributed by atoms with Crippen molar-refractivity contribution in [3.05, 3.63) is 32.1 Å². The van der Waals surface area contributed by atoms with Crippen LogP contribution in [0.4, 0.5) is 0 Å². The fourth-order valence-corrected chi connectivity index (χ4v) is 4.38. The number of nitrogens with one attached hydrogen (secondary N) is 1. The Balaban J connectivity index is 1.97. The number of fused-ring (bicyclic) bond motifs is 1. The van der Waals surface area contributed by atoms with Crippen LogP contribution in [0, 0.1) is 6.92 Å². The van der Waals surface area contributed by atoms with Gasteiger partial charge in [-0.05, 0) is 12.5 Å². The van der Waals surface area contributed by atoms with Crippen LogP contribution in [0.5, 0.6) is 0 Å². The second kappa shape index (κ2) is 6.15. The van der Waals surface area contributed by atoms with Gasteiger partial charge in [-0.25, -0.2) is 9.78 Å². The highest BCUT2D eigenvalue weighted by Gasteiger charge is 2.19. The Bertz CT molecular complexity index is 885. The molecule has 0 aromatic carbocycles. The van der Waals surface area contributed by atoms with Crippen molar-refractivity contribution in [3.63, 3.8) is 0 Å². The number of hydrogen-bond acceptors (Lipinski definition) is 9. The van der Waals surface area contributed by atoms with E-state index in [4.69, 9.17) is 4.74 Å². The van der Waals surface area contributed by atoms with Gasteiger partial charge in [0.15, 0.2) is 4.34 Å². The van der Waals surface area contributed by atoms with E-state index in [1.807, 2.05) is 0 Å². The van der Waals surface area contributed by atoms with E-state index in [-0.39, 0.29) is 5.56 Å². The van der Waals surface area contributed by atoms with Crippen LogP contribution < -0.4 is 5.56 Å². The van der Waals surface area contributed by atoms with Gasteiger partial charge in [0.2, 0.25) is 0 Å². The standard InChI is InChI=1S/C12H10N4O3S3/c1-5-7-9(17)14-6(3-20-12-16-13-4-21-12)15-10(7)22-8(5)11(18)19-2/h4H,3H2,1-2H3,(H,14,15,17). The molecule has 0 unspecified atom stereocenters. The Morgan fingerprint density at radius 2 is 2.32 bits per heavy atom. The van der Waals surface area contributed by atoms with E-state index in [2.05, 4.69) is 20.2 Å². The molecular weight excluding hydrogens is 344 g/mol. The molecule has 7 nitrogen and oxygen atoms in total. The van der Waals surface area contributed by atoms with Gasteiger partial charge in [0.25, 0.3) is 5.56 Å². The van der Waals surface area contributed by atoms with E-state index in [1.54, 1.807) is 12.4 Å². The lowest BCUT2D eigenvalue weighted by Gasteiger charge is -1.99. The zero-order valence-corrected chi connectivity index (χ0v) is 14.0. The van der Waals surface area contributed by atoms with Crippen LogP contribution in [0.2, 0.25) is 0 Å². The van der Waals surface area contributed by atoms with Crippen molar-refractivity contribution in [3.8, 4) is 0 Å². The molecule has 0 aliphatic heterocycles. The van der Waals surface area contributed by atoms with E-state index in [0.29, 0.717) is 32.2 Å². The molecule has 0 bridgehead atoms. The third-order valence-corrected chi connectivity index (χ3v) is 5.93. The van der Waals surface area contributed by atoms with Gasteiger partial charge in [-0.2, -0.15) is 0 Å². The van der Waals surface area contributed by atoms with Crippen molar-refractivity contribution < 1.29 is 9.53 Å². The van der Waals surface area contributed by atoms with Crippen LogP contribution in [0.1, 0.15) is 21.1 Å². The summed E-state index contributed by atoms with van der Waals surface area (Å²) < 4.78 is 5.53. The van der Waals surface area contributed by atoms with Gasteiger partial charge in [0.1, 0.15) is 21.0 Å². The lowest BCUT2D eigenvalue weighted by Crippen LogP contribution is -2.11. The molecule has 0 aliphatic rings. The Hall–Kier alpha value is -1.78. The lowest BCUT2D eigenvalue weighted by molar-refractivity contribution is 0.0605. The fourth-order valence-electron chi connectivity index (χ4n) is 1.90. The largest absolute Gasteiger partial charge is 0.465 e. The van der Waals surface area contributed by atoms with Crippen LogP contribution in [0.3, 0.4) is 0 Å². The maximum atomic E-state index is 12.2. The average Bonchev–Trinajstić information content (AvgIpc) is 3.12. The predicted molar refractivity (Wildman–Crippen MR) is 85.8 cm³/mol. The maximum absolute atomic E-state index is 12.2. The van der Waals surface area contributed by atoms with Gasteiger partial charge in [-0.1, -0.05) is 23.1 Å². The molecule has 0 saturated carbocycles. The molecule has 0 saturated heterocycles. The second-order valence-corrected chi connectivity index (χ2v) is 7.29. The topological polar surface area (TPSA) is 97.8 Å². The molecule has 0 aliphatic carbocycles. The van der Waals surface area contributed by atoms with E-state index < -0.39 is 5.97 Å². The molecule has 1 N–H and O–H groups in total. The van der Waals surface area contributed by atoms with Crippen molar-refractivity contribution in [2.45, 2.75) is 17.0 Å². The quantitative estimate of drug-likeness (QED) is 0.566. The van der Waals surface area contributed by atoms with Gasteiger partial charge in [-0.3, -0.25) is 4.79 Å². The summed E-state index contributed by atoms with van der Waals surface area (Å²) in [7, 11) is 1.31. The van der Waals surface area contributed by atoms with Crippen LogP contribution in [0.15, 0.2) is 14.6 Å². The number of esters is 1. The summed E-state index contributed by atoms with van der Waals surface area (Å²) in [6.07, 6.45) is 0. The molecule has 0 fully saturated rings. The first kappa shape index (κ1) is 15.1. The van der Waals surface area contributed by atoms with Crippen molar-refractivity contribution in [2.24, 2.45) is 0 Å². The van der Waals surface area contributed by atoms with E-state index in [9.17, 15) is 9.59 Å². The predicted octanol–water partition coefficient (Wildman–Crippen LogP) is 2.22. The molecule has 0 spiro atoms. The summed E-state index contributed by atoms with van der Waals surface area (Å²) >= 11 is 4.04. The number of rotatable bonds is 4. The minimum atomic E-state index is -0.454. The third kappa shape index (κ3) is 2.76.